The minimum atomic E-state index is -0.753. The highest BCUT2D eigenvalue weighted by molar-refractivity contribution is 5.16. The molecule has 0 unspecified atom stereocenters. The van der Waals surface area contributed by atoms with Gasteiger partial charge in [0.2, 0.25) is 0 Å². The molecule has 4 aliphatic rings. The molecule has 5 nitrogen and oxygen atoms in total. The second kappa shape index (κ2) is 7.58. The van der Waals surface area contributed by atoms with Gasteiger partial charge in [0.1, 0.15) is 0 Å². The van der Waals surface area contributed by atoms with E-state index < -0.39 is 18.3 Å². The number of hydrogen-bond acceptors (Lipinski definition) is 5. The van der Waals surface area contributed by atoms with Gasteiger partial charge in [-0.3, -0.25) is 0 Å². The zero-order valence-electron chi connectivity index (χ0n) is 19.2. The van der Waals surface area contributed by atoms with Crippen LogP contribution in [0.25, 0.3) is 0 Å². The average molecular weight is 433 g/mol. The van der Waals surface area contributed by atoms with Gasteiger partial charge >= 0.3 is 0 Å². The van der Waals surface area contributed by atoms with Crippen molar-refractivity contribution in [3.8, 4) is 0 Å². The first kappa shape index (κ1) is 21.9. The van der Waals surface area contributed by atoms with Crippen molar-refractivity contribution in [1.29, 1.82) is 0 Å². The highest BCUT2D eigenvalue weighted by atomic mass is 16.3. The van der Waals surface area contributed by atoms with Crippen LogP contribution in [-0.4, -0.2) is 38.7 Å². The Balaban J connectivity index is 1.43. The first-order chi connectivity index (χ1) is 14.7. The van der Waals surface area contributed by atoms with E-state index in [9.17, 15) is 20.4 Å². The van der Waals surface area contributed by atoms with Gasteiger partial charge in [-0.05, 0) is 97.3 Å². The van der Waals surface area contributed by atoms with Crippen molar-refractivity contribution in [1.82, 2.24) is 0 Å². The van der Waals surface area contributed by atoms with Crippen molar-refractivity contribution in [2.75, 3.05) is 0 Å². The van der Waals surface area contributed by atoms with Gasteiger partial charge < -0.3 is 24.8 Å². The second-order valence-corrected chi connectivity index (χ2v) is 11.9. The van der Waals surface area contributed by atoms with Crippen LogP contribution in [-0.2, 0) is 0 Å². The summed E-state index contributed by atoms with van der Waals surface area (Å²) in [6.45, 7) is 6.85. The SMILES string of the molecule is C[C@@H]([C@H]1CC[C@H]2[C@@H]3[C@@H](O)[C@H](O)[C@H]4C[C@@H](O)CC[C@]4(C)[C@H]3CC[C@]12C)[C@@H](O)c1ccoc1. The molecule has 0 radical (unpaired) electrons. The van der Waals surface area contributed by atoms with E-state index in [1.807, 2.05) is 6.07 Å². The molecule has 4 saturated carbocycles. The van der Waals surface area contributed by atoms with Gasteiger partial charge in [-0.1, -0.05) is 20.8 Å². The van der Waals surface area contributed by atoms with E-state index in [1.165, 1.54) is 0 Å². The Bertz CT molecular complexity index is 779. The maximum absolute atomic E-state index is 11.4. The maximum atomic E-state index is 11.4. The van der Waals surface area contributed by atoms with Crippen molar-refractivity contribution >= 4 is 0 Å². The molecule has 0 aromatic carbocycles. The fraction of sp³-hybridized carbons (Fsp3) is 0.846. The average Bonchev–Trinajstić information content (AvgIpc) is 3.39. The van der Waals surface area contributed by atoms with Crippen molar-refractivity contribution in [2.45, 2.75) is 90.1 Å². The number of aliphatic hydroxyl groups excluding tert-OH is 4. The fourth-order valence-corrected chi connectivity index (χ4v) is 9.11. The van der Waals surface area contributed by atoms with Gasteiger partial charge in [0, 0.05) is 5.56 Å². The van der Waals surface area contributed by atoms with Crippen LogP contribution in [0.1, 0.15) is 77.4 Å². The standard InChI is InChI=1S/C26H40O5/c1-14(22(28)15-8-11-31-13-15)17-4-5-18-21-19(7-10-25(17,18)2)26(3)9-6-16(27)12-20(26)23(29)24(21)30/h8,11,13-14,16-24,27-30H,4-7,9-10,12H2,1-3H3/t14-,16-,17+,18-,19-,20+,21-,22+,23+,24+,25+,26+/m0/s1. The van der Waals surface area contributed by atoms with Gasteiger partial charge in [-0.2, -0.15) is 0 Å². The third-order valence-electron chi connectivity index (χ3n) is 10.8. The molecule has 4 fully saturated rings. The first-order valence-corrected chi connectivity index (χ1v) is 12.4. The number of aliphatic hydroxyl groups is 4. The molecule has 1 aromatic heterocycles. The van der Waals surface area contributed by atoms with Gasteiger partial charge in [0.25, 0.3) is 0 Å². The fourth-order valence-electron chi connectivity index (χ4n) is 9.11. The summed E-state index contributed by atoms with van der Waals surface area (Å²) in [5, 5.41) is 43.8. The first-order valence-electron chi connectivity index (χ1n) is 12.4. The highest BCUT2D eigenvalue weighted by Gasteiger charge is 2.65. The summed E-state index contributed by atoms with van der Waals surface area (Å²) >= 11 is 0. The minimum absolute atomic E-state index is 0.0100. The normalized spacial score (nSPS) is 51.5. The van der Waals surface area contributed by atoms with Crippen LogP contribution in [0.2, 0.25) is 0 Å². The molecule has 12 atom stereocenters. The van der Waals surface area contributed by atoms with Crippen molar-refractivity contribution in [3.05, 3.63) is 24.2 Å². The lowest BCUT2D eigenvalue weighted by Crippen LogP contribution is -2.64. The lowest BCUT2D eigenvalue weighted by Gasteiger charge is -2.63. The van der Waals surface area contributed by atoms with Gasteiger partial charge in [-0.15, -0.1) is 0 Å². The number of furan rings is 1. The molecule has 0 amide bonds. The lowest BCUT2D eigenvalue weighted by atomic mass is 9.43. The summed E-state index contributed by atoms with van der Waals surface area (Å²) in [4.78, 5) is 0. The molecule has 5 heteroatoms. The molecular weight excluding hydrogens is 392 g/mol. The zero-order chi connectivity index (χ0) is 22.1. The van der Waals surface area contributed by atoms with Crippen LogP contribution in [0.4, 0.5) is 0 Å². The Morgan fingerprint density at radius 2 is 1.65 bits per heavy atom. The highest BCUT2D eigenvalue weighted by Crippen LogP contribution is 2.68. The summed E-state index contributed by atoms with van der Waals surface area (Å²) < 4.78 is 5.21. The molecule has 0 aliphatic heterocycles. The van der Waals surface area contributed by atoms with Gasteiger partial charge in [0.05, 0.1) is 36.9 Å². The summed E-state index contributed by atoms with van der Waals surface area (Å²) in [7, 11) is 0. The monoisotopic (exact) mass is 432 g/mol. The smallest absolute Gasteiger partial charge is 0.0960 e. The quantitative estimate of drug-likeness (QED) is 0.581. The van der Waals surface area contributed by atoms with Crippen LogP contribution < -0.4 is 0 Å². The molecule has 0 bridgehead atoms. The van der Waals surface area contributed by atoms with Crippen LogP contribution in [0.3, 0.4) is 0 Å². The second-order valence-electron chi connectivity index (χ2n) is 11.9. The molecule has 5 rings (SSSR count). The van der Waals surface area contributed by atoms with Gasteiger partial charge in [0.15, 0.2) is 0 Å². The van der Waals surface area contributed by atoms with E-state index in [0.717, 1.165) is 44.1 Å². The Kier molecular flexibility index (Phi) is 5.36. The number of fused-ring (bicyclic) bond motifs is 5. The topological polar surface area (TPSA) is 94.1 Å². The minimum Gasteiger partial charge on any atom is -0.472 e. The third kappa shape index (κ3) is 3.10. The Hall–Kier alpha value is -0.880. The summed E-state index contributed by atoms with van der Waals surface area (Å²) in [6, 6.07) is 1.85. The van der Waals surface area contributed by atoms with Crippen molar-refractivity contribution in [3.63, 3.8) is 0 Å². The molecular formula is C26H40O5. The molecule has 1 aromatic rings. The van der Waals surface area contributed by atoms with Crippen LogP contribution in [0, 0.1) is 46.3 Å². The molecule has 31 heavy (non-hydrogen) atoms. The third-order valence-corrected chi connectivity index (χ3v) is 10.8. The van der Waals surface area contributed by atoms with Crippen LogP contribution in [0.15, 0.2) is 23.0 Å². The maximum Gasteiger partial charge on any atom is 0.0960 e. The van der Waals surface area contributed by atoms with Crippen LogP contribution in [0.5, 0.6) is 0 Å². The molecule has 1 heterocycles. The van der Waals surface area contributed by atoms with Crippen LogP contribution >= 0.6 is 0 Å². The van der Waals surface area contributed by atoms with E-state index >= 15 is 0 Å². The molecule has 0 spiro atoms. The summed E-state index contributed by atoms with van der Waals surface area (Å²) in [5.41, 5.74) is 0.894. The van der Waals surface area contributed by atoms with E-state index in [1.54, 1.807) is 12.5 Å². The lowest BCUT2D eigenvalue weighted by molar-refractivity contribution is -0.224. The van der Waals surface area contributed by atoms with E-state index in [2.05, 4.69) is 20.8 Å². The van der Waals surface area contributed by atoms with E-state index in [-0.39, 0.29) is 34.7 Å². The van der Waals surface area contributed by atoms with Crippen molar-refractivity contribution in [2.24, 2.45) is 46.3 Å². The van der Waals surface area contributed by atoms with Gasteiger partial charge in [-0.25, -0.2) is 0 Å². The Labute approximate surface area is 185 Å². The largest absolute Gasteiger partial charge is 0.472 e. The predicted molar refractivity (Wildman–Crippen MR) is 117 cm³/mol. The summed E-state index contributed by atoms with van der Waals surface area (Å²) in [6.07, 6.45) is 7.53. The Morgan fingerprint density at radius 1 is 0.935 bits per heavy atom. The van der Waals surface area contributed by atoms with E-state index in [0.29, 0.717) is 24.2 Å². The zero-order valence-corrected chi connectivity index (χ0v) is 19.2. The molecule has 4 aliphatic carbocycles. The van der Waals surface area contributed by atoms with E-state index in [4.69, 9.17) is 4.42 Å². The molecule has 0 saturated heterocycles. The number of rotatable bonds is 3. The van der Waals surface area contributed by atoms with Crippen molar-refractivity contribution < 1.29 is 24.8 Å². The number of hydrogen-bond donors (Lipinski definition) is 4. The molecule has 174 valence electrons. The predicted octanol–water partition coefficient (Wildman–Crippen LogP) is 3.91. The molecule has 4 N–H and O–H groups in total. The summed E-state index contributed by atoms with van der Waals surface area (Å²) in [5.74, 6) is 1.35. The Morgan fingerprint density at radius 3 is 2.35 bits per heavy atom.